The molecule has 0 atom stereocenters. The summed E-state index contributed by atoms with van der Waals surface area (Å²) in [4.78, 5) is 15.7. The second kappa shape index (κ2) is 13.2. The van der Waals surface area contributed by atoms with Crippen molar-refractivity contribution in [3.63, 3.8) is 0 Å². The predicted octanol–water partition coefficient (Wildman–Crippen LogP) is 13.3. The molecule has 2 heterocycles. The van der Waals surface area contributed by atoms with E-state index in [-0.39, 0.29) is 5.41 Å². The molecule has 0 fully saturated rings. The van der Waals surface area contributed by atoms with Crippen LogP contribution in [-0.4, -0.2) is 15.0 Å². The highest BCUT2D eigenvalue weighted by atomic mass is 14.9. The van der Waals surface area contributed by atoms with Crippen molar-refractivity contribution in [1.82, 2.24) is 15.0 Å². The molecule has 9 aromatic rings. The minimum Gasteiger partial charge on any atom is -0.248 e. The first-order chi connectivity index (χ1) is 27.0. The molecule has 0 unspecified atom stereocenters. The number of hydrogen-bond donors (Lipinski definition) is 0. The van der Waals surface area contributed by atoms with E-state index in [0.29, 0.717) is 5.82 Å². The molecular formula is C52H37N3. The Labute approximate surface area is 321 Å². The van der Waals surface area contributed by atoms with Crippen molar-refractivity contribution in [1.29, 1.82) is 0 Å². The van der Waals surface area contributed by atoms with E-state index in [4.69, 9.17) is 15.0 Å². The first-order valence-corrected chi connectivity index (χ1v) is 18.9. The maximum Gasteiger partial charge on any atom is 0.160 e. The molecule has 0 aliphatic heterocycles. The van der Waals surface area contributed by atoms with Gasteiger partial charge in [0.2, 0.25) is 0 Å². The van der Waals surface area contributed by atoms with Crippen LogP contribution in [-0.2, 0) is 5.41 Å². The third-order valence-corrected chi connectivity index (χ3v) is 11.1. The van der Waals surface area contributed by atoms with E-state index >= 15 is 0 Å². The van der Waals surface area contributed by atoms with Crippen molar-refractivity contribution in [2.45, 2.75) is 19.3 Å². The zero-order valence-corrected chi connectivity index (χ0v) is 30.7. The van der Waals surface area contributed by atoms with E-state index in [1.165, 1.54) is 38.9 Å². The molecule has 2 aromatic heterocycles. The number of hydrogen-bond acceptors (Lipinski definition) is 3. The number of rotatable bonds is 6. The van der Waals surface area contributed by atoms with Gasteiger partial charge in [0.25, 0.3) is 0 Å². The van der Waals surface area contributed by atoms with Crippen molar-refractivity contribution in [2.24, 2.45) is 0 Å². The number of benzene rings is 7. The van der Waals surface area contributed by atoms with Crippen LogP contribution in [0.15, 0.2) is 188 Å². The summed E-state index contributed by atoms with van der Waals surface area (Å²) in [5.74, 6) is 0.676. The first-order valence-electron chi connectivity index (χ1n) is 18.9. The fraction of sp³-hybridized carbons (Fsp3) is 0.0577. The summed E-state index contributed by atoms with van der Waals surface area (Å²) in [6, 6.07) is 66.5. The third-order valence-electron chi connectivity index (χ3n) is 11.1. The molecule has 0 radical (unpaired) electrons. The first kappa shape index (κ1) is 32.7. The molecule has 260 valence electrons. The van der Waals surface area contributed by atoms with E-state index < -0.39 is 0 Å². The average Bonchev–Trinajstić information content (AvgIpc) is 3.48. The van der Waals surface area contributed by atoms with E-state index in [2.05, 4.69) is 166 Å². The van der Waals surface area contributed by atoms with Crippen molar-refractivity contribution in [2.75, 3.05) is 0 Å². The van der Waals surface area contributed by atoms with Crippen LogP contribution >= 0.6 is 0 Å². The molecule has 0 saturated carbocycles. The van der Waals surface area contributed by atoms with Gasteiger partial charge >= 0.3 is 0 Å². The van der Waals surface area contributed by atoms with Gasteiger partial charge in [-0.3, -0.25) is 0 Å². The number of pyridine rings is 1. The molecule has 55 heavy (non-hydrogen) atoms. The summed E-state index contributed by atoms with van der Waals surface area (Å²) < 4.78 is 0. The van der Waals surface area contributed by atoms with Gasteiger partial charge in [0, 0.05) is 33.1 Å². The lowest BCUT2D eigenvalue weighted by atomic mass is 9.82. The monoisotopic (exact) mass is 703 g/mol. The lowest BCUT2D eigenvalue weighted by Gasteiger charge is -2.22. The normalized spacial score (nSPS) is 12.7. The van der Waals surface area contributed by atoms with Gasteiger partial charge in [0.05, 0.1) is 22.6 Å². The van der Waals surface area contributed by atoms with Crippen LogP contribution in [0.4, 0.5) is 0 Å². The van der Waals surface area contributed by atoms with E-state index in [1.807, 2.05) is 36.4 Å². The summed E-state index contributed by atoms with van der Waals surface area (Å²) in [6.07, 6.45) is 0. The standard InChI is InChI=1S/C52H37N3/c1-52(2)45-28-15-14-27-41(45)43-30-44-42(40-26-13-12-25-39(40)34-17-6-3-7-18-34)31-47(53-50(44)32-46(43)52)37-23-16-24-38(29-37)51-54-48(35-19-8-4-9-20-35)33-49(55-51)36-21-10-5-11-22-36/h3-33H,1-2H3. The van der Waals surface area contributed by atoms with Gasteiger partial charge in [-0.1, -0.05) is 172 Å². The van der Waals surface area contributed by atoms with Gasteiger partial charge in [-0.25, -0.2) is 15.0 Å². The van der Waals surface area contributed by atoms with Crippen LogP contribution in [0.1, 0.15) is 25.0 Å². The average molecular weight is 704 g/mol. The Kier molecular flexibility index (Phi) is 7.81. The molecule has 0 amide bonds. The molecule has 0 saturated heterocycles. The van der Waals surface area contributed by atoms with E-state index in [0.717, 1.165) is 55.8 Å². The second-order valence-electron chi connectivity index (χ2n) is 14.8. The molecule has 10 rings (SSSR count). The zero-order valence-electron chi connectivity index (χ0n) is 30.7. The lowest BCUT2D eigenvalue weighted by molar-refractivity contribution is 0.661. The van der Waals surface area contributed by atoms with E-state index in [9.17, 15) is 0 Å². The highest BCUT2D eigenvalue weighted by molar-refractivity contribution is 6.04. The summed E-state index contributed by atoms with van der Waals surface area (Å²) >= 11 is 0. The molecule has 7 aromatic carbocycles. The van der Waals surface area contributed by atoms with Crippen LogP contribution in [0.3, 0.4) is 0 Å². The summed E-state index contributed by atoms with van der Waals surface area (Å²) in [7, 11) is 0. The SMILES string of the molecule is CC1(C)c2ccccc2-c2cc3c(-c4ccccc4-c4ccccc4)cc(-c4cccc(-c5nc(-c6ccccc6)cc(-c6ccccc6)n5)c4)nc3cc21. The molecule has 0 spiro atoms. The van der Waals surface area contributed by atoms with Crippen molar-refractivity contribution in [3.05, 3.63) is 199 Å². The Hall–Kier alpha value is -6.97. The fourth-order valence-corrected chi connectivity index (χ4v) is 8.29. The van der Waals surface area contributed by atoms with Gasteiger partial charge in [-0.15, -0.1) is 0 Å². The molecular weight excluding hydrogens is 667 g/mol. The summed E-state index contributed by atoms with van der Waals surface area (Å²) in [5, 5.41) is 1.14. The second-order valence-corrected chi connectivity index (χ2v) is 14.8. The zero-order chi connectivity index (χ0) is 36.9. The molecule has 0 N–H and O–H groups in total. The largest absolute Gasteiger partial charge is 0.248 e. The minimum absolute atomic E-state index is 0.141. The summed E-state index contributed by atoms with van der Waals surface area (Å²) in [5.41, 5.74) is 17.5. The number of fused-ring (bicyclic) bond motifs is 4. The van der Waals surface area contributed by atoms with Crippen LogP contribution in [0.5, 0.6) is 0 Å². The Morgan fingerprint density at radius 2 is 0.855 bits per heavy atom. The maximum absolute atomic E-state index is 5.46. The van der Waals surface area contributed by atoms with Crippen LogP contribution in [0.2, 0.25) is 0 Å². The van der Waals surface area contributed by atoms with Gasteiger partial charge in [-0.05, 0) is 74.8 Å². The van der Waals surface area contributed by atoms with Crippen LogP contribution in [0.25, 0.3) is 89.4 Å². The third kappa shape index (κ3) is 5.73. The van der Waals surface area contributed by atoms with Gasteiger partial charge in [-0.2, -0.15) is 0 Å². The molecule has 3 nitrogen and oxygen atoms in total. The molecule has 0 bridgehead atoms. The molecule has 1 aliphatic carbocycles. The smallest absolute Gasteiger partial charge is 0.160 e. The fourth-order valence-electron chi connectivity index (χ4n) is 8.29. The summed E-state index contributed by atoms with van der Waals surface area (Å²) in [6.45, 7) is 4.66. The van der Waals surface area contributed by atoms with Gasteiger partial charge in [0.15, 0.2) is 5.82 Å². The Bertz CT molecular complexity index is 2820. The minimum atomic E-state index is -0.141. The van der Waals surface area contributed by atoms with E-state index in [1.54, 1.807) is 0 Å². The molecule has 3 heteroatoms. The van der Waals surface area contributed by atoms with Crippen molar-refractivity contribution in [3.8, 4) is 78.5 Å². The van der Waals surface area contributed by atoms with Crippen LogP contribution in [0, 0.1) is 0 Å². The Morgan fingerprint density at radius 1 is 0.327 bits per heavy atom. The highest BCUT2D eigenvalue weighted by Crippen LogP contribution is 2.51. The highest BCUT2D eigenvalue weighted by Gasteiger charge is 2.36. The Morgan fingerprint density at radius 3 is 1.53 bits per heavy atom. The topological polar surface area (TPSA) is 38.7 Å². The lowest BCUT2D eigenvalue weighted by Crippen LogP contribution is -2.14. The number of aromatic nitrogens is 3. The quantitative estimate of drug-likeness (QED) is 0.173. The maximum atomic E-state index is 5.46. The van der Waals surface area contributed by atoms with Crippen molar-refractivity contribution >= 4 is 10.9 Å². The van der Waals surface area contributed by atoms with Crippen LogP contribution < -0.4 is 0 Å². The van der Waals surface area contributed by atoms with Gasteiger partial charge < -0.3 is 0 Å². The van der Waals surface area contributed by atoms with Crippen molar-refractivity contribution < 1.29 is 0 Å². The predicted molar refractivity (Wildman–Crippen MR) is 228 cm³/mol. The Balaban J connectivity index is 1.19. The number of nitrogens with zero attached hydrogens (tertiary/aromatic N) is 3. The molecule has 1 aliphatic rings. The van der Waals surface area contributed by atoms with Gasteiger partial charge in [0.1, 0.15) is 0 Å².